The number of ether oxygens (including phenoxy) is 1. The van der Waals surface area contributed by atoms with Gasteiger partial charge in [-0.05, 0) is 47.9 Å². The molecule has 2 aromatic carbocycles. The number of benzene rings is 2. The Morgan fingerprint density at radius 3 is 2.29 bits per heavy atom. The van der Waals surface area contributed by atoms with Gasteiger partial charge >= 0.3 is 12.1 Å². The maximum atomic E-state index is 13.2. The van der Waals surface area contributed by atoms with E-state index in [4.69, 9.17) is 4.74 Å². The fraction of sp³-hybridized carbons (Fsp3) is 0.444. The molecular weight excluding hydrogens is 432 g/mol. The van der Waals surface area contributed by atoms with Gasteiger partial charge in [-0.3, -0.25) is 9.59 Å². The molecule has 3 atom stereocenters. The van der Waals surface area contributed by atoms with Gasteiger partial charge in [0.2, 0.25) is 5.91 Å². The molecule has 3 aliphatic rings. The lowest BCUT2D eigenvalue weighted by Crippen LogP contribution is -2.48. The second-order valence-corrected chi connectivity index (χ2v) is 10.1. The standard InChI is InChI=1S/C27H30N2O5/c1-3-26(2,23(30)29-13-17-12-27(17,16-29)24(31)32)15-28-25(33)34-14-22-20-10-6-4-8-18(20)19-9-5-7-11-21(19)22/h4-11,17,22H,3,12-16H2,1-2H3,(H,28,33)(H,31,32). The number of piperidine rings is 1. The Labute approximate surface area is 199 Å². The topological polar surface area (TPSA) is 95.9 Å². The molecule has 1 saturated carbocycles. The monoisotopic (exact) mass is 462 g/mol. The molecule has 0 radical (unpaired) electrons. The first-order chi connectivity index (χ1) is 16.3. The van der Waals surface area contributed by atoms with Crippen LogP contribution in [0.2, 0.25) is 0 Å². The number of amides is 2. The van der Waals surface area contributed by atoms with E-state index < -0.39 is 22.9 Å². The number of hydrogen-bond acceptors (Lipinski definition) is 4. The second kappa shape index (κ2) is 8.15. The molecular formula is C27H30N2O5. The maximum Gasteiger partial charge on any atom is 0.407 e. The van der Waals surface area contributed by atoms with Crippen molar-refractivity contribution in [2.24, 2.45) is 16.7 Å². The third-order valence-electron chi connectivity index (χ3n) is 8.12. The van der Waals surface area contributed by atoms with Gasteiger partial charge in [0.05, 0.1) is 10.8 Å². The zero-order chi connectivity index (χ0) is 24.1. The van der Waals surface area contributed by atoms with Crippen LogP contribution in [0.1, 0.15) is 43.7 Å². The van der Waals surface area contributed by atoms with Crippen LogP contribution < -0.4 is 5.32 Å². The number of carbonyl (C=O) groups excluding carboxylic acids is 2. The highest BCUT2D eigenvalue weighted by Gasteiger charge is 2.66. The highest BCUT2D eigenvalue weighted by atomic mass is 16.5. The van der Waals surface area contributed by atoms with Crippen molar-refractivity contribution in [1.29, 1.82) is 0 Å². The van der Waals surface area contributed by atoms with E-state index in [1.165, 1.54) is 11.1 Å². The minimum Gasteiger partial charge on any atom is -0.481 e. The number of alkyl carbamates (subject to hydrolysis) is 1. The van der Waals surface area contributed by atoms with Gasteiger partial charge in [0.15, 0.2) is 0 Å². The third-order valence-corrected chi connectivity index (χ3v) is 8.12. The Kier molecular flexibility index (Phi) is 5.38. The molecule has 5 rings (SSSR count). The van der Waals surface area contributed by atoms with Gasteiger partial charge < -0.3 is 20.1 Å². The summed E-state index contributed by atoms with van der Waals surface area (Å²) >= 11 is 0. The summed E-state index contributed by atoms with van der Waals surface area (Å²) in [5.74, 6) is -0.907. The van der Waals surface area contributed by atoms with Crippen LogP contribution in [0.4, 0.5) is 4.79 Å². The highest BCUT2D eigenvalue weighted by molar-refractivity contribution is 5.87. The predicted octanol–water partition coefficient (Wildman–Crippen LogP) is 3.87. The minimum atomic E-state index is -0.817. The first-order valence-corrected chi connectivity index (χ1v) is 11.9. The van der Waals surface area contributed by atoms with Crippen LogP contribution in [0, 0.1) is 16.7 Å². The SMILES string of the molecule is CCC(C)(CNC(=O)OCC1c2ccccc2-c2ccccc21)C(=O)N1CC2CC2(C(=O)O)C1. The van der Waals surface area contributed by atoms with Crippen molar-refractivity contribution in [2.75, 3.05) is 26.2 Å². The molecule has 2 amide bonds. The Morgan fingerprint density at radius 2 is 1.74 bits per heavy atom. The zero-order valence-corrected chi connectivity index (χ0v) is 19.5. The van der Waals surface area contributed by atoms with Gasteiger partial charge in [0, 0.05) is 25.6 Å². The molecule has 1 saturated heterocycles. The number of carboxylic acid groups (broad SMARTS) is 1. The highest BCUT2D eigenvalue weighted by Crippen LogP contribution is 2.58. The van der Waals surface area contributed by atoms with E-state index in [0.717, 1.165) is 11.1 Å². The van der Waals surface area contributed by atoms with E-state index in [1.54, 1.807) is 4.90 Å². The molecule has 3 unspecified atom stereocenters. The lowest BCUT2D eigenvalue weighted by molar-refractivity contribution is -0.145. The average molecular weight is 463 g/mol. The van der Waals surface area contributed by atoms with Crippen molar-refractivity contribution in [1.82, 2.24) is 10.2 Å². The quantitative estimate of drug-likeness (QED) is 0.651. The number of carboxylic acids is 1. The largest absolute Gasteiger partial charge is 0.481 e. The summed E-state index contributed by atoms with van der Waals surface area (Å²) in [4.78, 5) is 39.1. The predicted molar refractivity (Wildman–Crippen MR) is 126 cm³/mol. The second-order valence-electron chi connectivity index (χ2n) is 10.1. The molecule has 1 heterocycles. The van der Waals surface area contributed by atoms with E-state index >= 15 is 0 Å². The van der Waals surface area contributed by atoms with Crippen LogP contribution in [-0.2, 0) is 14.3 Å². The number of nitrogens with one attached hydrogen (secondary N) is 1. The third kappa shape index (κ3) is 3.54. The van der Waals surface area contributed by atoms with Crippen molar-refractivity contribution in [3.8, 4) is 11.1 Å². The zero-order valence-electron chi connectivity index (χ0n) is 19.5. The molecule has 2 N–H and O–H groups in total. The molecule has 1 aliphatic heterocycles. The molecule has 2 aliphatic carbocycles. The van der Waals surface area contributed by atoms with Crippen LogP contribution in [0.5, 0.6) is 0 Å². The Hall–Kier alpha value is -3.35. The van der Waals surface area contributed by atoms with Crippen LogP contribution in [0.15, 0.2) is 48.5 Å². The maximum absolute atomic E-state index is 13.2. The van der Waals surface area contributed by atoms with Gasteiger partial charge in [0.1, 0.15) is 6.61 Å². The van der Waals surface area contributed by atoms with E-state index in [-0.39, 0.29) is 37.4 Å². The number of rotatable bonds is 7. The number of carbonyl (C=O) groups is 3. The molecule has 2 fully saturated rings. The fourth-order valence-electron chi connectivity index (χ4n) is 5.62. The van der Waals surface area contributed by atoms with E-state index in [0.29, 0.717) is 19.4 Å². The minimum absolute atomic E-state index is 0.0270. The van der Waals surface area contributed by atoms with Gasteiger partial charge in [-0.15, -0.1) is 0 Å². The van der Waals surface area contributed by atoms with Gasteiger partial charge in [-0.25, -0.2) is 4.79 Å². The summed E-state index contributed by atoms with van der Waals surface area (Å²) in [6, 6.07) is 16.3. The summed E-state index contributed by atoms with van der Waals surface area (Å²) in [6.07, 6.45) is 0.615. The van der Waals surface area contributed by atoms with Crippen LogP contribution in [0.3, 0.4) is 0 Å². The average Bonchev–Trinajstić information content (AvgIpc) is 3.28. The van der Waals surface area contributed by atoms with Crippen LogP contribution in [0.25, 0.3) is 11.1 Å². The lowest BCUT2D eigenvalue weighted by atomic mass is 9.85. The summed E-state index contributed by atoms with van der Waals surface area (Å²) in [6.45, 7) is 4.81. The molecule has 34 heavy (non-hydrogen) atoms. The van der Waals surface area contributed by atoms with E-state index in [2.05, 4.69) is 29.6 Å². The van der Waals surface area contributed by atoms with Crippen LogP contribution >= 0.6 is 0 Å². The molecule has 2 aromatic rings. The Morgan fingerprint density at radius 1 is 1.12 bits per heavy atom. The molecule has 0 bridgehead atoms. The van der Waals surface area contributed by atoms with Gasteiger partial charge in [-0.2, -0.15) is 0 Å². The number of aliphatic carboxylic acids is 1. The number of hydrogen-bond donors (Lipinski definition) is 2. The van der Waals surface area contributed by atoms with Gasteiger partial charge in [0.25, 0.3) is 0 Å². The van der Waals surface area contributed by atoms with Crippen molar-refractivity contribution >= 4 is 18.0 Å². The lowest BCUT2D eigenvalue weighted by Gasteiger charge is -2.33. The smallest absolute Gasteiger partial charge is 0.407 e. The van der Waals surface area contributed by atoms with Crippen molar-refractivity contribution in [3.05, 3.63) is 59.7 Å². The molecule has 7 heteroatoms. The molecule has 178 valence electrons. The summed E-state index contributed by atoms with van der Waals surface area (Å²) in [5, 5.41) is 12.3. The van der Waals surface area contributed by atoms with Gasteiger partial charge in [-0.1, -0.05) is 55.5 Å². The molecule has 0 aromatic heterocycles. The van der Waals surface area contributed by atoms with E-state index in [9.17, 15) is 19.5 Å². The van der Waals surface area contributed by atoms with Crippen molar-refractivity contribution in [2.45, 2.75) is 32.6 Å². The molecule has 0 spiro atoms. The Balaban J connectivity index is 1.19. The van der Waals surface area contributed by atoms with Crippen molar-refractivity contribution < 1.29 is 24.2 Å². The number of fused-ring (bicyclic) bond motifs is 4. The summed E-state index contributed by atoms with van der Waals surface area (Å²) in [5.41, 5.74) is 3.04. The fourth-order valence-corrected chi connectivity index (χ4v) is 5.62. The summed E-state index contributed by atoms with van der Waals surface area (Å²) in [7, 11) is 0. The van der Waals surface area contributed by atoms with Crippen molar-refractivity contribution in [3.63, 3.8) is 0 Å². The number of nitrogens with zero attached hydrogens (tertiary/aromatic N) is 1. The van der Waals surface area contributed by atoms with Crippen LogP contribution in [-0.4, -0.2) is 54.2 Å². The summed E-state index contributed by atoms with van der Waals surface area (Å²) < 4.78 is 5.60. The number of likely N-dealkylation sites (tertiary alicyclic amines) is 1. The first kappa shape index (κ1) is 22.4. The Bertz CT molecular complexity index is 1120. The normalized spacial score (nSPS) is 23.9. The molecule has 7 nitrogen and oxygen atoms in total. The first-order valence-electron chi connectivity index (χ1n) is 11.9. The van der Waals surface area contributed by atoms with E-state index in [1.807, 2.05) is 38.1 Å².